The van der Waals surface area contributed by atoms with Gasteiger partial charge < -0.3 is 49.3 Å². The first kappa shape index (κ1) is 46.5. The Hall–Kier alpha value is -3.86. The standard InChI is InChI=1S/C41H62N2O12Si/c1-25(2)23-29(42-39(50)55-40(4,5)6)37(48)43-33(38(49)51-10)26(3)53-32(44)22-21-30-34(45)36(47)35(46)31(54-30)24-52-56(41(7,8)9,27-17-13-11-14-18-27)28-19-15-12-16-20-28/h11-20,25-26,29-31,33-36,45-47H,21-24H2,1-10H3,(H,42,50)(H,43,48)/t26-,29+,30-,31-,33+,34+,35-,36-/m1/s1. The molecule has 56 heavy (non-hydrogen) atoms. The number of ether oxygens (including phenoxy) is 4. The molecule has 0 saturated carbocycles. The lowest BCUT2D eigenvalue weighted by molar-refractivity contribution is -0.229. The molecule has 2 amide bonds. The van der Waals surface area contributed by atoms with Gasteiger partial charge in [0.25, 0.3) is 8.32 Å². The van der Waals surface area contributed by atoms with Crippen molar-refractivity contribution in [2.45, 2.75) is 141 Å². The minimum atomic E-state index is -3.05. The Balaban J connectivity index is 1.72. The van der Waals surface area contributed by atoms with Gasteiger partial charge in [-0.25, -0.2) is 9.59 Å². The van der Waals surface area contributed by atoms with E-state index in [1.165, 1.54) is 6.92 Å². The third-order valence-corrected chi connectivity index (χ3v) is 14.6. The van der Waals surface area contributed by atoms with Crippen LogP contribution in [0.25, 0.3) is 0 Å². The van der Waals surface area contributed by atoms with Crippen molar-refractivity contribution < 1.29 is 57.9 Å². The predicted octanol–water partition coefficient (Wildman–Crippen LogP) is 2.72. The third-order valence-electron chi connectivity index (χ3n) is 9.58. The normalized spacial score (nSPS) is 22.0. The quantitative estimate of drug-likeness (QED) is 0.0947. The fourth-order valence-electron chi connectivity index (χ4n) is 6.87. The number of aliphatic hydroxyl groups is 3. The van der Waals surface area contributed by atoms with Crippen LogP contribution >= 0.6 is 0 Å². The van der Waals surface area contributed by atoms with E-state index in [9.17, 15) is 34.5 Å². The Morgan fingerprint density at radius 3 is 1.82 bits per heavy atom. The van der Waals surface area contributed by atoms with Crippen molar-refractivity contribution in [3.63, 3.8) is 0 Å². The smallest absolute Gasteiger partial charge is 0.408 e. The lowest BCUT2D eigenvalue weighted by Crippen LogP contribution is -2.68. The Morgan fingerprint density at radius 2 is 1.34 bits per heavy atom. The molecule has 1 heterocycles. The Bertz CT molecular complexity index is 1540. The molecule has 312 valence electrons. The third kappa shape index (κ3) is 12.3. The summed E-state index contributed by atoms with van der Waals surface area (Å²) in [6.45, 7) is 16.4. The van der Waals surface area contributed by atoms with E-state index in [0.717, 1.165) is 17.5 Å². The van der Waals surface area contributed by atoms with E-state index in [2.05, 4.69) is 31.4 Å². The molecule has 1 saturated heterocycles. The number of aliphatic hydroxyl groups excluding tert-OH is 3. The van der Waals surface area contributed by atoms with E-state index in [0.29, 0.717) is 0 Å². The van der Waals surface area contributed by atoms with Gasteiger partial charge in [0, 0.05) is 6.42 Å². The highest BCUT2D eigenvalue weighted by atomic mass is 28.4. The van der Waals surface area contributed by atoms with Crippen LogP contribution in [0.2, 0.25) is 5.04 Å². The summed E-state index contributed by atoms with van der Waals surface area (Å²) in [5, 5.41) is 39.6. The zero-order valence-electron chi connectivity index (χ0n) is 34.3. The number of carbonyl (C=O) groups excluding carboxylic acids is 4. The molecule has 8 atom stereocenters. The van der Waals surface area contributed by atoms with Gasteiger partial charge in [-0.1, -0.05) is 95.3 Å². The van der Waals surface area contributed by atoms with Gasteiger partial charge >= 0.3 is 18.0 Å². The maximum atomic E-state index is 13.4. The summed E-state index contributed by atoms with van der Waals surface area (Å²) in [4.78, 5) is 51.8. The SMILES string of the molecule is COC(=O)[C@@H](NC(=O)[C@H](CC(C)C)NC(=O)OC(C)(C)C)[C@@H](C)OC(=O)CC[C@H]1O[C@H](CO[Si](c2ccccc2)(c2ccccc2)C(C)(C)C)[C@@H](O)[C@H](O)[C@H]1O. The maximum absolute atomic E-state index is 13.4. The van der Waals surface area contributed by atoms with Crippen LogP contribution in [0.5, 0.6) is 0 Å². The molecule has 0 spiro atoms. The summed E-state index contributed by atoms with van der Waals surface area (Å²) < 4.78 is 28.8. The molecule has 5 N–H and O–H groups in total. The molecule has 0 aliphatic carbocycles. The second kappa shape index (κ2) is 20.0. The van der Waals surface area contributed by atoms with Gasteiger partial charge in [-0.05, 0) is 61.9 Å². The Kier molecular flexibility index (Phi) is 16.6. The number of rotatable bonds is 16. The molecule has 2 aromatic rings. The minimum absolute atomic E-state index is 0.0218. The summed E-state index contributed by atoms with van der Waals surface area (Å²) in [7, 11) is -1.93. The second-order valence-corrected chi connectivity index (χ2v) is 21.0. The number of amides is 2. The number of alkyl carbamates (subject to hydrolysis) is 1. The molecule has 1 fully saturated rings. The molecule has 2 aromatic carbocycles. The van der Waals surface area contributed by atoms with Crippen molar-refractivity contribution in [2.75, 3.05) is 13.7 Å². The van der Waals surface area contributed by atoms with E-state index in [-0.39, 0.29) is 36.8 Å². The van der Waals surface area contributed by atoms with E-state index >= 15 is 0 Å². The molecule has 0 aromatic heterocycles. The summed E-state index contributed by atoms with van der Waals surface area (Å²) in [5.74, 6) is -2.40. The van der Waals surface area contributed by atoms with Crippen molar-refractivity contribution in [1.29, 1.82) is 0 Å². The first-order valence-corrected chi connectivity index (χ1v) is 21.0. The second-order valence-electron chi connectivity index (χ2n) is 16.7. The fourth-order valence-corrected chi connectivity index (χ4v) is 11.4. The van der Waals surface area contributed by atoms with Crippen molar-refractivity contribution in [1.82, 2.24) is 10.6 Å². The minimum Gasteiger partial charge on any atom is -0.467 e. The Morgan fingerprint density at radius 1 is 0.804 bits per heavy atom. The summed E-state index contributed by atoms with van der Waals surface area (Å²) in [6, 6.07) is 17.3. The lowest BCUT2D eigenvalue weighted by atomic mass is 9.93. The fraction of sp³-hybridized carbons (Fsp3) is 0.610. The molecule has 0 unspecified atom stereocenters. The molecule has 1 aliphatic rings. The van der Waals surface area contributed by atoms with E-state index in [4.69, 9.17) is 23.4 Å². The van der Waals surface area contributed by atoms with Crippen LogP contribution in [0.15, 0.2) is 60.7 Å². The average Bonchev–Trinajstić information content (AvgIpc) is 3.12. The van der Waals surface area contributed by atoms with Crippen LogP contribution in [-0.4, -0.2) is 116 Å². The van der Waals surface area contributed by atoms with Crippen LogP contribution in [0, 0.1) is 5.92 Å². The zero-order chi connectivity index (χ0) is 42.0. The molecule has 3 rings (SSSR count). The van der Waals surface area contributed by atoms with Crippen LogP contribution in [-0.2, 0) is 37.8 Å². The van der Waals surface area contributed by atoms with E-state index in [1.807, 2.05) is 74.5 Å². The highest BCUT2D eigenvalue weighted by molar-refractivity contribution is 6.99. The summed E-state index contributed by atoms with van der Waals surface area (Å²) in [5.41, 5.74) is -0.810. The molecular formula is C41H62N2O12Si. The van der Waals surface area contributed by atoms with Gasteiger partial charge in [-0.15, -0.1) is 0 Å². The number of methoxy groups -OCH3 is 1. The highest BCUT2D eigenvalue weighted by Gasteiger charge is 2.52. The first-order valence-electron chi connectivity index (χ1n) is 19.1. The van der Waals surface area contributed by atoms with Crippen molar-refractivity contribution >= 4 is 42.6 Å². The topological polar surface area (TPSA) is 199 Å². The average molecular weight is 803 g/mol. The van der Waals surface area contributed by atoms with Gasteiger partial charge in [0.2, 0.25) is 5.91 Å². The van der Waals surface area contributed by atoms with Gasteiger partial charge in [0.15, 0.2) is 6.04 Å². The van der Waals surface area contributed by atoms with Crippen molar-refractivity contribution in [2.24, 2.45) is 5.92 Å². The van der Waals surface area contributed by atoms with Crippen LogP contribution in [0.3, 0.4) is 0 Å². The van der Waals surface area contributed by atoms with Crippen molar-refractivity contribution in [3.8, 4) is 0 Å². The van der Waals surface area contributed by atoms with Crippen LogP contribution < -0.4 is 21.0 Å². The molecule has 1 aliphatic heterocycles. The number of benzene rings is 2. The largest absolute Gasteiger partial charge is 0.467 e. The molecule has 0 bridgehead atoms. The summed E-state index contributed by atoms with van der Waals surface area (Å²) >= 11 is 0. The van der Waals surface area contributed by atoms with Gasteiger partial charge in [0.1, 0.15) is 42.2 Å². The first-order chi connectivity index (χ1) is 26.1. The van der Waals surface area contributed by atoms with Crippen molar-refractivity contribution in [3.05, 3.63) is 60.7 Å². The highest BCUT2D eigenvalue weighted by Crippen LogP contribution is 2.37. The van der Waals surface area contributed by atoms with E-state index in [1.54, 1.807) is 20.8 Å². The van der Waals surface area contributed by atoms with Gasteiger partial charge in [0.05, 0.1) is 19.8 Å². The maximum Gasteiger partial charge on any atom is 0.408 e. The number of hydrogen-bond donors (Lipinski definition) is 5. The number of nitrogens with one attached hydrogen (secondary N) is 2. The number of carbonyl (C=O) groups is 4. The lowest BCUT2D eigenvalue weighted by Gasteiger charge is -2.46. The molecule has 0 radical (unpaired) electrons. The zero-order valence-corrected chi connectivity index (χ0v) is 35.3. The predicted molar refractivity (Wildman–Crippen MR) is 212 cm³/mol. The number of esters is 2. The molecule has 15 heteroatoms. The summed E-state index contributed by atoms with van der Waals surface area (Å²) in [6.07, 6.45) is -8.97. The van der Waals surface area contributed by atoms with Gasteiger partial charge in [-0.3, -0.25) is 9.59 Å². The van der Waals surface area contributed by atoms with Crippen LogP contribution in [0.4, 0.5) is 4.79 Å². The molecular weight excluding hydrogens is 741 g/mol. The van der Waals surface area contributed by atoms with Gasteiger partial charge in [-0.2, -0.15) is 0 Å². The monoisotopic (exact) mass is 802 g/mol. The van der Waals surface area contributed by atoms with E-state index < -0.39 is 86.6 Å². The van der Waals surface area contributed by atoms with Crippen LogP contribution in [0.1, 0.15) is 81.6 Å². The molecule has 14 nitrogen and oxygen atoms in total. The Labute approximate surface area is 331 Å². The number of hydrogen-bond acceptors (Lipinski definition) is 12.